The number of alkyl halides is 7. The Labute approximate surface area is 109 Å². The van der Waals surface area contributed by atoms with Gasteiger partial charge in [0, 0.05) is 7.11 Å². The Kier molecular flexibility index (Phi) is 6.92. The van der Waals surface area contributed by atoms with Crippen LogP contribution < -0.4 is 0 Å². The Bertz CT molecular complexity index is 352. The van der Waals surface area contributed by atoms with Crippen LogP contribution in [0.1, 0.15) is 13.3 Å². The van der Waals surface area contributed by atoms with E-state index in [1.165, 1.54) is 6.92 Å². The predicted octanol–water partition coefficient (Wildman–Crippen LogP) is 4.02. The second-order valence-corrected chi connectivity index (χ2v) is 5.16. The quantitative estimate of drug-likeness (QED) is 0.471. The van der Waals surface area contributed by atoms with Crippen molar-refractivity contribution in [3.63, 3.8) is 0 Å². The number of phosphoric ester groups is 1. The summed E-state index contributed by atoms with van der Waals surface area (Å²) >= 11 is 0. The maximum atomic E-state index is 13.0. The lowest BCUT2D eigenvalue weighted by molar-refractivity contribution is -0.313. The van der Waals surface area contributed by atoms with Gasteiger partial charge in [-0.2, -0.15) is 17.6 Å². The number of hydrogen-bond acceptors (Lipinski definition) is 4. The molecule has 0 rings (SSSR count). The summed E-state index contributed by atoms with van der Waals surface area (Å²) in [6.07, 6.45) is -8.97. The van der Waals surface area contributed by atoms with Gasteiger partial charge in [0.2, 0.25) is 0 Å². The molecule has 0 aromatic carbocycles. The molecule has 0 bridgehead atoms. The van der Waals surface area contributed by atoms with Gasteiger partial charge in [-0.25, -0.2) is 22.3 Å². The summed E-state index contributed by atoms with van der Waals surface area (Å²) in [6.45, 7) is 1.11. The first-order valence-electron chi connectivity index (χ1n) is 5.11. The van der Waals surface area contributed by atoms with Gasteiger partial charge in [0.15, 0.2) is 0 Å². The molecule has 2 atom stereocenters. The minimum atomic E-state index is -6.02. The zero-order chi connectivity index (χ0) is 16.2. The van der Waals surface area contributed by atoms with Crippen molar-refractivity contribution < 1.29 is 48.9 Å². The zero-order valence-corrected chi connectivity index (χ0v) is 11.2. The third-order valence-electron chi connectivity index (χ3n) is 1.90. The molecule has 20 heavy (non-hydrogen) atoms. The minimum absolute atomic E-state index is 0.192. The van der Waals surface area contributed by atoms with E-state index < -0.39 is 32.5 Å². The van der Waals surface area contributed by atoms with Crippen LogP contribution in [0.4, 0.5) is 30.7 Å². The van der Waals surface area contributed by atoms with Crippen molar-refractivity contribution in [3.05, 3.63) is 0 Å². The summed E-state index contributed by atoms with van der Waals surface area (Å²) in [7, 11) is -4.28. The van der Waals surface area contributed by atoms with E-state index in [1.54, 1.807) is 0 Å². The fourth-order valence-electron chi connectivity index (χ4n) is 0.806. The maximum Gasteiger partial charge on any atom is 0.477 e. The van der Waals surface area contributed by atoms with Gasteiger partial charge >= 0.3 is 26.1 Å². The molecule has 0 spiro atoms. The van der Waals surface area contributed by atoms with Crippen LogP contribution in [0.25, 0.3) is 0 Å². The normalized spacial score (nSPS) is 18.1. The second-order valence-electron chi connectivity index (χ2n) is 3.43. The first kappa shape index (κ1) is 19.6. The van der Waals surface area contributed by atoms with Crippen LogP contribution in [-0.2, 0) is 18.1 Å². The fraction of sp³-hybridized carbons (Fsp3) is 1.00. The summed E-state index contributed by atoms with van der Waals surface area (Å²) in [4.78, 5) is 0. The van der Waals surface area contributed by atoms with Crippen LogP contribution in [0.5, 0.6) is 0 Å². The standard InChI is InChI=1S/C8H12F7O4P/c1-3-4-18-20(16,17-2)19-6(11)8(14,15)7(12,13)5(9)10/h5-6H,3-4H2,1-2H3. The van der Waals surface area contributed by atoms with Gasteiger partial charge in [-0.3, -0.25) is 9.05 Å². The Hall–Kier alpha value is -0.380. The smallest absolute Gasteiger partial charge is 0.290 e. The SMILES string of the molecule is CCCOP(=O)(OC)OC(F)C(F)(F)C(F)(F)C(F)F. The molecule has 122 valence electrons. The largest absolute Gasteiger partial charge is 0.477 e. The van der Waals surface area contributed by atoms with Crippen molar-refractivity contribution in [1.82, 2.24) is 0 Å². The third-order valence-corrected chi connectivity index (χ3v) is 3.29. The first-order chi connectivity index (χ1) is 8.94. The average Bonchev–Trinajstić information content (AvgIpc) is 2.35. The van der Waals surface area contributed by atoms with Gasteiger partial charge < -0.3 is 0 Å². The molecule has 0 radical (unpaired) electrons. The van der Waals surface area contributed by atoms with E-state index in [-0.39, 0.29) is 13.0 Å². The van der Waals surface area contributed by atoms with Crippen molar-refractivity contribution >= 4 is 7.82 Å². The lowest BCUT2D eigenvalue weighted by Crippen LogP contribution is -2.52. The molecule has 2 unspecified atom stereocenters. The number of hydrogen-bond donors (Lipinski definition) is 0. The van der Waals surface area contributed by atoms with Crippen LogP contribution >= 0.6 is 7.82 Å². The number of rotatable bonds is 9. The molecule has 4 nitrogen and oxygen atoms in total. The molecule has 0 fully saturated rings. The van der Waals surface area contributed by atoms with E-state index in [0.29, 0.717) is 7.11 Å². The summed E-state index contributed by atoms with van der Waals surface area (Å²) in [5.74, 6) is -11.9. The van der Waals surface area contributed by atoms with Crippen LogP contribution in [-0.4, -0.2) is 38.3 Å². The lowest BCUT2D eigenvalue weighted by atomic mass is 10.2. The van der Waals surface area contributed by atoms with Crippen LogP contribution in [0, 0.1) is 0 Å². The van der Waals surface area contributed by atoms with Crippen molar-refractivity contribution in [1.29, 1.82) is 0 Å². The zero-order valence-electron chi connectivity index (χ0n) is 10.3. The van der Waals surface area contributed by atoms with Gasteiger partial charge in [-0.1, -0.05) is 6.92 Å². The highest BCUT2D eigenvalue weighted by atomic mass is 31.2. The first-order valence-corrected chi connectivity index (χ1v) is 6.57. The Morgan fingerprint density at radius 2 is 1.60 bits per heavy atom. The van der Waals surface area contributed by atoms with E-state index >= 15 is 0 Å². The fourth-order valence-corrected chi connectivity index (χ4v) is 1.82. The number of halogens is 7. The monoisotopic (exact) mass is 336 g/mol. The van der Waals surface area contributed by atoms with E-state index in [2.05, 4.69) is 13.6 Å². The van der Waals surface area contributed by atoms with Crippen LogP contribution in [0.15, 0.2) is 0 Å². The second kappa shape index (κ2) is 7.06. The third kappa shape index (κ3) is 4.31. The van der Waals surface area contributed by atoms with Gasteiger partial charge in [0.05, 0.1) is 6.61 Å². The predicted molar refractivity (Wildman–Crippen MR) is 52.7 cm³/mol. The molecule has 0 aromatic rings. The highest BCUT2D eigenvalue weighted by Crippen LogP contribution is 2.54. The van der Waals surface area contributed by atoms with Gasteiger partial charge in [0.1, 0.15) is 0 Å². The van der Waals surface area contributed by atoms with E-state index in [1.807, 2.05) is 0 Å². The Balaban J connectivity index is 5.06. The van der Waals surface area contributed by atoms with Crippen LogP contribution in [0.2, 0.25) is 0 Å². The minimum Gasteiger partial charge on any atom is -0.290 e. The van der Waals surface area contributed by atoms with E-state index in [4.69, 9.17) is 0 Å². The summed E-state index contributed by atoms with van der Waals surface area (Å²) < 4.78 is 111. The van der Waals surface area contributed by atoms with E-state index in [0.717, 1.165) is 0 Å². The summed E-state index contributed by atoms with van der Waals surface area (Å²) in [6, 6.07) is 0. The molecule has 0 N–H and O–H groups in total. The van der Waals surface area contributed by atoms with Gasteiger partial charge in [0.25, 0.3) is 6.36 Å². The molecule has 0 aromatic heterocycles. The Morgan fingerprint density at radius 3 is 1.95 bits per heavy atom. The molecule has 0 saturated heterocycles. The number of phosphoric acid groups is 1. The highest BCUT2D eigenvalue weighted by molar-refractivity contribution is 7.48. The molecule has 0 aliphatic heterocycles. The van der Waals surface area contributed by atoms with Gasteiger partial charge in [-0.05, 0) is 6.42 Å². The molecular formula is C8H12F7O4P. The molecule has 0 amide bonds. The molecular weight excluding hydrogens is 324 g/mol. The van der Waals surface area contributed by atoms with Crippen molar-refractivity contribution in [2.45, 2.75) is 38.0 Å². The van der Waals surface area contributed by atoms with Crippen molar-refractivity contribution in [3.8, 4) is 0 Å². The topological polar surface area (TPSA) is 44.8 Å². The summed E-state index contributed by atoms with van der Waals surface area (Å²) in [5, 5.41) is 0. The van der Waals surface area contributed by atoms with E-state index in [9.17, 15) is 35.3 Å². The highest BCUT2D eigenvalue weighted by Gasteiger charge is 2.69. The van der Waals surface area contributed by atoms with Gasteiger partial charge in [-0.15, -0.1) is 0 Å². The van der Waals surface area contributed by atoms with Crippen molar-refractivity contribution in [2.75, 3.05) is 13.7 Å². The lowest BCUT2D eigenvalue weighted by Gasteiger charge is -2.29. The van der Waals surface area contributed by atoms with Crippen molar-refractivity contribution in [2.24, 2.45) is 0 Å². The molecule has 0 aliphatic carbocycles. The van der Waals surface area contributed by atoms with Crippen LogP contribution in [0.3, 0.4) is 0 Å². The Morgan fingerprint density at radius 1 is 1.10 bits per heavy atom. The maximum absolute atomic E-state index is 13.0. The average molecular weight is 336 g/mol. The molecule has 12 heteroatoms. The molecule has 0 saturated carbocycles. The molecule has 0 heterocycles. The molecule has 0 aliphatic rings. The summed E-state index contributed by atoms with van der Waals surface area (Å²) in [5.41, 5.74) is 0.